The van der Waals surface area contributed by atoms with Crippen LogP contribution in [0.2, 0.25) is 0 Å². The quantitative estimate of drug-likeness (QED) is 0.105. The minimum absolute atomic E-state index is 0.747. The molecule has 0 spiro atoms. The van der Waals surface area contributed by atoms with Crippen molar-refractivity contribution in [1.29, 1.82) is 0 Å². The molecule has 0 saturated heterocycles. The van der Waals surface area contributed by atoms with Crippen molar-refractivity contribution in [3.05, 3.63) is 187 Å². The highest BCUT2D eigenvalue weighted by molar-refractivity contribution is 6.21. The molecule has 0 atom stereocenters. The Labute approximate surface area is 276 Å². The lowest BCUT2D eigenvalue weighted by Gasteiger charge is -2.18. The van der Waals surface area contributed by atoms with Gasteiger partial charge < -0.3 is 5.73 Å². The van der Waals surface area contributed by atoms with E-state index in [1.165, 1.54) is 54.9 Å². The van der Waals surface area contributed by atoms with Gasteiger partial charge in [-0.3, -0.25) is 4.99 Å². The molecule has 0 amide bonds. The highest BCUT2D eigenvalue weighted by Gasteiger charge is 2.17. The molecule has 0 heterocycles. The topological polar surface area (TPSA) is 38.4 Å². The van der Waals surface area contributed by atoms with Crippen LogP contribution in [0.3, 0.4) is 0 Å². The zero-order valence-corrected chi connectivity index (χ0v) is 26.5. The van der Waals surface area contributed by atoms with E-state index in [0.29, 0.717) is 0 Å². The minimum atomic E-state index is 0.747. The molecule has 0 saturated carbocycles. The highest BCUT2D eigenvalue weighted by atomic mass is 14.7. The second-order valence-electron chi connectivity index (χ2n) is 11.9. The molecule has 0 aromatic heterocycles. The van der Waals surface area contributed by atoms with Crippen LogP contribution in [0.1, 0.15) is 23.6 Å². The van der Waals surface area contributed by atoms with Crippen LogP contribution in [0.4, 0.5) is 5.69 Å². The van der Waals surface area contributed by atoms with Crippen molar-refractivity contribution in [2.75, 3.05) is 5.73 Å². The van der Waals surface area contributed by atoms with Crippen molar-refractivity contribution in [3.8, 4) is 22.3 Å². The Balaban J connectivity index is 1.39. The first kappa shape index (κ1) is 29.7. The Kier molecular flexibility index (Phi) is 8.32. The molecule has 0 unspecified atom stereocenters. The molecule has 0 radical (unpaired) electrons. The summed E-state index contributed by atoms with van der Waals surface area (Å²) in [6.07, 6.45) is 2.77. The summed E-state index contributed by atoms with van der Waals surface area (Å²) in [4.78, 5) is 4.86. The van der Waals surface area contributed by atoms with Crippen LogP contribution in [0.25, 0.3) is 55.1 Å². The summed E-state index contributed by atoms with van der Waals surface area (Å²) < 4.78 is 0. The maximum atomic E-state index is 6.08. The maximum Gasteiger partial charge on any atom is 0.0630 e. The molecule has 2 N–H and O–H groups in total. The number of aliphatic imine (C=N–C) groups is 1. The molecule has 2 nitrogen and oxygen atoms in total. The summed E-state index contributed by atoms with van der Waals surface area (Å²) in [7, 11) is 0. The largest absolute Gasteiger partial charge is 0.399 e. The Bertz CT molecular complexity index is 2220. The lowest BCUT2D eigenvalue weighted by atomic mass is 9.85. The van der Waals surface area contributed by atoms with E-state index in [1.54, 1.807) is 0 Å². The Morgan fingerprint density at radius 3 is 1.68 bits per heavy atom. The second kappa shape index (κ2) is 13.2. The summed E-state index contributed by atoms with van der Waals surface area (Å²) in [5.41, 5.74) is 18.2. The number of benzene rings is 7. The number of allylic oxidation sites excluding steroid dienone is 2. The van der Waals surface area contributed by atoms with Crippen molar-refractivity contribution in [2.24, 2.45) is 4.99 Å². The zero-order valence-electron chi connectivity index (χ0n) is 26.5. The number of nitrogens with zero attached hydrogens (tertiary/aromatic N) is 1. The van der Waals surface area contributed by atoms with Gasteiger partial charge >= 0.3 is 0 Å². The molecule has 2 heteroatoms. The van der Waals surface area contributed by atoms with Crippen LogP contribution in [0.5, 0.6) is 0 Å². The Hall–Kier alpha value is -5.99. The molecule has 7 rings (SSSR count). The van der Waals surface area contributed by atoms with E-state index in [-0.39, 0.29) is 0 Å². The lowest BCUT2D eigenvalue weighted by Crippen LogP contribution is -1.98. The fraction of sp³-hybridized carbons (Fsp3) is 0.0444. The fourth-order valence-electron chi connectivity index (χ4n) is 6.45. The van der Waals surface area contributed by atoms with Crippen molar-refractivity contribution >= 4 is 44.7 Å². The normalized spacial score (nSPS) is 12.0. The third-order valence-corrected chi connectivity index (χ3v) is 8.92. The molecule has 7 aromatic rings. The lowest BCUT2D eigenvalue weighted by molar-refractivity contribution is 1.22. The van der Waals surface area contributed by atoms with E-state index in [4.69, 9.17) is 10.7 Å². The Morgan fingerprint density at radius 2 is 1.09 bits per heavy atom. The molecule has 7 aromatic carbocycles. The molecule has 0 aliphatic heterocycles. The first-order valence-electron chi connectivity index (χ1n) is 16.0. The molecule has 0 aliphatic rings. The first-order valence-corrected chi connectivity index (χ1v) is 16.0. The van der Waals surface area contributed by atoms with Gasteiger partial charge in [0.25, 0.3) is 0 Å². The van der Waals surface area contributed by atoms with Crippen LogP contribution < -0.4 is 5.73 Å². The van der Waals surface area contributed by atoms with Crippen molar-refractivity contribution in [1.82, 2.24) is 0 Å². The third-order valence-electron chi connectivity index (χ3n) is 8.92. The van der Waals surface area contributed by atoms with Gasteiger partial charge in [-0.15, -0.1) is 0 Å². The van der Waals surface area contributed by atoms with Crippen molar-refractivity contribution in [3.63, 3.8) is 0 Å². The number of nitrogen functional groups attached to an aromatic ring is 1. The molecule has 0 aliphatic carbocycles. The van der Waals surface area contributed by atoms with Gasteiger partial charge in [-0.25, -0.2) is 0 Å². The number of hydrogen-bond donors (Lipinski definition) is 1. The average Bonchev–Trinajstić information content (AvgIpc) is 3.13. The van der Waals surface area contributed by atoms with Gasteiger partial charge in [0.05, 0.1) is 5.70 Å². The standard InChI is InChI=1S/C45H36N2/c1-31(38(28-33-14-5-3-6-15-33)30-47-32(2)34-16-7-4-8-17-34)36-18-13-19-37(29-36)45-42-22-11-9-20-40(42)44(35-24-26-39(46)27-25-35)41-21-10-12-23-43(41)45/h3-27,29-30H,2,28,46H2,1H3/b38-31+,47-30?. The van der Waals surface area contributed by atoms with Gasteiger partial charge in [0.15, 0.2) is 0 Å². The van der Waals surface area contributed by atoms with Crippen LogP contribution in [0, 0.1) is 0 Å². The van der Waals surface area contributed by atoms with Gasteiger partial charge in [0.2, 0.25) is 0 Å². The van der Waals surface area contributed by atoms with Gasteiger partial charge in [-0.1, -0.05) is 146 Å². The zero-order chi connectivity index (χ0) is 32.2. The van der Waals surface area contributed by atoms with E-state index < -0.39 is 0 Å². The first-order chi connectivity index (χ1) is 23.1. The van der Waals surface area contributed by atoms with Crippen LogP contribution in [0.15, 0.2) is 175 Å². The van der Waals surface area contributed by atoms with Crippen LogP contribution in [-0.4, -0.2) is 6.21 Å². The molecule has 226 valence electrons. The molecular weight excluding hydrogens is 569 g/mol. The van der Waals surface area contributed by atoms with Crippen LogP contribution in [-0.2, 0) is 6.42 Å². The third kappa shape index (κ3) is 6.14. The van der Waals surface area contributed by atoms with E-state index >= 15 is 0 Å². The van der Waals surface area contributed by atoms with Gasteiger partial charge in [-0.2, -0.15) is 0 Å². The molecule has 47 heavy (non-hydrogen) atoms. The Morgan fingerprint density at radius 1 is 0.574 bits per heavy atom. The molecular formula is C45H36N2. The summed E-state index contributed by atoms with van der Waals surface area (Å²) in [5.74, 6) is 0. The van der Waals surface area contributed by atoms with Gasteiger partial charge in [-0.05, 0) is 103 Å². The summed E-state index contributed by atoms with van der Waals surface area (Å²) in [6.45, 7) is 6.46. The van der Waals surface area contributed by atoms with E-state index in [9.17, 15) is 0 Å². The highest BCUT2D eigenvalue weighted by Crippen LogP contribution is 2.44. The summed E-state index contributed by atoms with van der Waals surface area (Å²) in [5, 5.41) is 4.89. The van der Waals surface area contributed by atoms with Crippen molar-refractivity contribution < 1.29 is 0 Å². The number of anilines is 1. The number of fused-ring (bicyclic) bond motifs is 2. The predicted octanol–water partition coefficient (Wildman–Crippen LogP) is 11.7. The van der Waals surface area contributed by atoms with Gasteiger partial charge in [0.1, 0.15) is 0 Å². The fourth-order valence-corrected chi connectivity index (χ4v) is 6.45. The van der Waals surface area contributed by atoms with E-state index in [2.05, 4.69) is 129 Å². The number of hydrogen-bond acceptors (Lipinski definition) is 2. The number of nitrogens with two attached hydrogens (primary N) is 1. The maximum absolute atomic E-state index is 6.08. The van der Waals surface area contributed by atoms with Gasteiger partial charge in [0, 0.05) is 11.9 Å². The molecule has 0 bridgehead atoms. The minimum Gasteiger partial charge on any atom is -0.399 e. The summed E-state index contributed by atoms with van der Waals surface area (Å²) in [6, 6.07) is 55.4. The second-order valence-corrected chi connectivity index (χ2v) is 11.9. The number of rotatable bonds is 8. The predicted molar refractivity (Wildman–Crippen MR) is 203 cm³/mol. The van der Waals surface area contributed by atoms with E-state index in [0.717, 1.165) is 34.5 Å². The van der Waals surface area contributed by atoms with E-state index in [1.807, 2.05) is 48.7 Å². The van der Waals surface area contributed by atoms with Crippen molar-refractivity contribution in [2.45, 2.75) is 13.3 Å². The SMILES string of the molecule is C=C(N=C/C(Cc1ccccc1)=C(\C)c1cccc(-c2c3ccccc3c(-c3ccc(N)cc3)c3ccccc23)c1)c1ccccc1. The molecule has 0 fully saturated rings. The monoisotopic (exact) mass is 604 g/mol. The van der Waals surface area contributed by atoms with Crippen LogP contribution >= 0.6 is 0 Å². The smallest absolute Gasteiger partial charge is 0.0630 e. The summed E-state index contributed by atoms with van der Waals surface area (Å²) >= 11 is 0. The average molecular weight is 605 g/mol.